The first kappa shape index (κ1) is 9.72. The Morgan fingerprint density at radius 2 is 2.20 bits per heavy atom. The van der Waals surface area contributed by atoms with Crippen molar-refractivity contribution in [1.82, 2.24) is 20.2 Å². The summed E-state index contributed by atoms with van der Waals surface area (Å²) in [5, 5.41) is 9.84. The van der Waals surface area contributed by atoms with Crippen LogP contribution in [0.4, 0.5) is 0 Å². The second-order valence-electron chi connectivity index (χ2n) is 2.99. The molecule has 1 aromatic heterocycles. The summed E-state index contributed by atoms with van der Waals surface area (Å²) in [5.74, 6) is -0.0258. The van der Waals surface area contributed by atoms with Gasteiger partial charge < -0.3 is 0 Å². The zero-order chi connectivity index (χ0) is 10.8. The molecule has 0 aliphatic rings. The van der Waals surface area contributed by atoms with E-state index in [0.717, 1.165) is 0 Å². The highest BCUT2D eigenvalue weighted by Crippen LogP contribution is 2.13. The first-order chi connectivity index (χ1) is 7.20. The third kappa shape index (κ3) is 1.71. The molecule has 0 aliphatic carbocycles. The molecule has 0 saturated heterocycles. The minimum atomic E-state index is -0.0258. The van der Waals surface area contributed by atoms with Crippen LogP contribution in [0, 0.1) is 4.77 Å². The van der Waals surface area contributed by atoms with Gasteiger partial charge in [0.1, 0.15) is 0 Å². The van der Waals surface area contributed by atoms with Gasteiger partial charge in [0.25, 0.3) is 0 Å². The molecule has 0 saturated carbocycles. The number of carbonyl (C=O) groups excluding carboxylic acids is 1. The van der Waals surface area contributed by atoms with Crippen LogP contribution in [0.3, 0.4) is 0 Å². The summed E-state index contributed by atoms with van der Waals surface area (Å²) in [7, 11) is 0. The molecule has 1 heterocycles. The summed E-state index contributed by atoms with van der Waals surface area (Å²) < 4.78 is 1.79. The first-order valence-corrected chi connectivity index (χ1v) is 4.71. The quantitative estimate of drug-likeness (QED) is 0.615. The highest BCUT2D eigenvalue weighted by molar-refractivity contribution is 7.71. The van der Waals surface area contributed by atoms with E-state index in [1.165, 1.54) is 11.6 Å². The SMILES string of the molecule is CC(=O)c1ccccc1-n1[nH]nnc1=S. The van der Waals surface area contributed by atoms with Gasteiger partial charge in [-0.1, -0.05) is 22.4 Å². The summed E-state index contributed by atoms with van der Waals surface area (Å²) in [6.07, 6.45) is 0. The zero-order valence-electron chi connectivity index (χ0n) is 7.97. The summed E-state index contributed by atoms with van der Waals surface area (Å²) in [5.41, 5.74) is 1.25. The largest absolute Gasteiger partial charge is 0.294 e. The normalized spacial score (nSPS) is 10.2. The Hall–Kier alpha value is -1.82. The average Bonchev–Trinajstić information content (AvgIpc) is 2.64. The summed E-state index contributed by atoms with van der Waals surface area (Å²) in [6.45, 7) is 1.51. The lowest BCUT2D eigenvalue weighted by Crippen LogP contribution is -2.04. The van der Waals surface area contributed by atoms with Crippen molar-refractivity contribution in [2.75, 3.05) is 0 Å². The molecule has 0 radical (unpaired) electrons. The molecule has 0 fully saturated rings. The van der Waals surface area contributed by atoms with Gasteiger partial charge in [0.15, 0.2) is 5.78 Å². The molecule has 1 aromatic carbocycles. The van der Waals surface area contributed by atoms with Gasteiger partial charge in [0, 0.05) is 5.56 Å². The maximum Gasteiger partial charge on any atom is 0.242 e. The van der Waals surface area contributed by atoms with Crippen LogP contribution in [0.15, 0.2) is 24.3 Å². The average molecular weight is 220 g/mol. The topological polar surface area (TPSA) is 63.6 Å². The number of para-hydroxylation sites is 1. The van der Waals surface area contributed by atoms with Crippen molar-refractivity contribution in [3.8, 4) is 5.69 Å². The van der Waals surface area contributed by atoms with Crippen LogP contribution < -0.4 is 0 Å². The Kier molecular flexibility index (Phi) is 2.42. The van der Waals surface area contributed by atoms with Gasteiger partial charge in [-0.2, -0.15) is 5.21 Å². The number of H-pyrrole nitrogens is 1. The second-order valence-corrected chi connectivity index (χ2v) is 3.36. The van der Waals surface area contributed by atoms with Crippen molar-refractivity contribution in [2.24, 2.45) is 0 Å². The first-order valence-electron chi connectivity index (χ1n) is 4.30. The van der Waals surface area contributed by atoms with E-state index in [0.29, 0.717) is 16.0 Å². The third-order valence-corrected chi connectivity index (χ3v) is 2.26. The standard InChI is InChI=1S/C9H8N4OS/c1-6(14)7-4-2-3-5-8(7)13-9(15)10-11-12-13/h2-5H,1H3,(H,10,12,15). The van der Waals surface area contributed by atoms with Crippen LogP contribution >= 0.6 is 12.2 Å². The van der Waals surface area contributed by atoms with Crippen molar-refractivity contribution in [1.29, 1.82) is 0 Å². The molecule has 5 nitrogen and oxygen atoms in total. The maximum atomic E-state index is 11.4. The van der Waals surface area contributed by atoms with E-state index in [-0.39, 0.29) is 5.78 Å². The Morgan fingerprint density at radius 3 is 2.80 bits per heavy atom. The number of aromatic nitrogens is 4. The molecule has 1 N–H and O–H groups in total. The summed E-state index contributed by atoms with van der Waals surface area (Å²) in [4.78, 5) is 11.4. The molecule has 2 aromatic rings. The minimum absolute atomic E-state index is 0.0258. The Morgan fingerprint density at radius 1 is 1.47 bits per heavy atom. The number of ketones is 1. The van der Waals surface area contributed by atoms with Gasteiger partial charge in [-0.15, -0.1) is 0 Å². The van der Waals surface area contributed by atoms with E-state index in [9.17, 15) is 4.79 Å². The number of benzene rings is 1. The number of hydrogen-bond donors (Lipinski definition) is 1. The number of tetrazole rings is 1. The molecule has 0 spiro atoms. The Bertz CT molecular complexity index is 557. The molecule has 0 unspecified atom stereocenters. The molecule has 0 atom stereocenters. The molecule has 0 amide bonds. The summed E-state index contributed by atoms with van der Waals surface area (Å²) in [6, 6.07) is 7.14. The predicted molar refractivity (Wildman–Crippen MR) is 56.5 cm³/mol. The van der Waals surface area contributed by atoms with Crippen LogP contribution in [0.2, 0.25) is 0 Å². The van der Waals surface area contributed by atoms with Crippen molar-refractivity contribution in [3.05, 3.63) is 34.6 Å². The number of aromatic amines is 1. The molecule has 0 aliphatic heterocycles. The molecule has 6 heteroatoms. The van der Waals surface area contributed by atoms with Crippen LogP contribution in [0.25, 0.3) is 5.69 Å². The van der Waals surface area contributed by atoms with Crippen LogP contribution in [0.5, 0.6) is 0 Å². The third-order valence-electron chi connectivity index (χ3n) is 2.00. The van der Waals surface area contributed by atoms with Gasteiger partial charge in [-0.05, 0) is 31.3 Å². The van der Waals surface area contributed by atoms with Gasteiger partial charge in [0.05, 0.1) is 5.69 Å². The van der Waals surface area contributed by atoms with E-state index < -0.39 is 0 Å². The van der Waals surface area contributed by atoms with Gasteiger partial charge >= 0.3 is 0 Å². The molecule has 15 heavy (non-hydrogen) atoms. The van der Waals surface area contributed by atoms with Crippen LogP contribution in [0.1, 0.15) is 17.3 Å². The number of Topliss-reactive ketones (excluding diaryl/α,β-unsaturated/α-hetero) is 1. The number of hydrogen-bond acceptors (Lipinski definition) is 4. The van der Waals surface area contributed by atoms with Crippen LogP contribution in [-0.2, 0) is 0 Å². The molecular formula is C9H8N4OS. The van der Waals surface area contributed by atoms with Gasteiger partial charge in [-0.25, -0.2) is 4.68 Å². The Labute approximate surface area is 90.7 Å². The van der Waals surface area contributed by atoms with E-state index >= 15 is 0 Å². The number of carbonyl (C=O) groups is 1. The summed E-state index contributed by atoms with van der Waals surface area (Å²) >= 11 is 4.96. The minimum Gasteiger partial charge on any atom is -0.294 e. The Balaban J connectivity index is 2.68. The fraction of sp³-hybridized carbons (Fsp3) is 0.111. The zero-order valence-corrected chi connectivity index (χ0v) is 8.78. The predicted octanol–water partition coefficient (Wildman–Crippen LogP) is 1.53. The maximum absolute atomic E-state index is 11.4. The second kappa shape index (κ2) is 3.74. The highest BCUT2D eigenvalue weighted by atomic mass is 32.1. The number of nitrogens with one attached hydrogen (secondary N) is 1. The molecule has 2 rings (SSSR count). The van der Waals surface area contributed by atoms with E-state index in [4.69, 9.17) is 12.2 Å². The van der Waals surface area contributed by atoms with E-state index in [1.807, 2.05) is 6.07 Å². The lowest BCUT2D eigenvalue weighted by atomic mass is 10.1. The highest BCUT2D eigenvalue weighted by Gasteiger charge is 2.09. The lowest BCUT2D eigenvalue weighted by molar-refractivity contribution is 0.101. The number of nitrogens with zero attached hydrogens (tertiary/aromatic N) is 3. The lowest BCUT2D eigenvalue weighted by Gasteiger charge is -2.05. The van der Waals surface area contributed by atoms with Crippen LogP contribution in [-0.4, -0.2) is 26.0 Å². The van der Waals surface area contributed by atoms with E-state index in [1.54, 1.807) is 18.2 Å². The monoisotopic (exact) mass is 220 g/mol. The van der Waals surface area contributed by atoms with Gasteiger partial charge in [0.2, 0.25) is 4.77 Å². The van der Waals surface area contributed by atoms with Crippen molar-refractivity contribution < 1.29 is 4.79 Å². The van der Waals surface area contributed by atoms with Crippen molar-refractivity contribution in [2.45, 2.75) is 6.92 Å². The van der Waals surface area contributed by atoms with Crippen molar-refractivity contribution >= 4 is 18.0 Å². The molecule has 76 valence electrons. The fourth-order valence-corrected chi connectivity index (χ4v) is 1.50. The van der Waals surface area contributed by atoms with E-state index in [2.05, 4.69) is 15.5 Å². The number of rotatable bonds is 2. The molecular weight excluding hydrogens is 212 g/mol. The molecule has 0 bridgehead atoms. The van der Waals surface area contributed by atoms with Gasteiger partial charge in [-0.3, -0.25) is 4.79 Å². The fourth-order valence-electron chi connectivity index (χ4n) is 1.32. The smallest absolute Gasteiger partial charge is 0.242 e. The van der Waals surface area contributed by atoms with Crippen molar-refractivity contribution in [3.63, 3.8) is 0 Å².